The van der Waals surface area contributed by atoms with Crippen LogP contribution in [0.2, 0.25) is 0 Å². The van der Waals surface area contributed by atoms with Gasteiger partial charge in [-0.25, -0.2) is 0 Å². The molecule has 3 aromatic carbocycles. The van der Waals surface area contributed by atoms with Crippen molar-refractivity contribution in [1.29, 1.82) is 0 Å². The summed E-state index contributed by atoms with van der Waals surface area (Å²) in [5.41, 5.74) is 0. The van der Waals surface area contributed by atoms with Crippen LogP contribution in [0.5, 0.6) is 0 Å². The molecule has 3 rings (SSSR count). The molecule has 2 nitrogen and oxygen atoms in total. The van der Waals surface area contributed by atoms with Crippen molar-refractivity contribution in [2.75, 3.05) is 0 Å². The van der Waals surface area contributed by atoms with E-state index in [0.29, 0.717) is 0 Å². The summed E-state index contributed by atoms with van der Waals surface area (Å²) in [7, 11) is -4.61. The Morgan fingerprint density at radius 1 is 0.517 bits per heavy atom. The van der Waals surface area contributed by atoms with Gasteiger partial charge in [-0.3, -0.25) is 0 Å². The van der Waals surface area contributed by atoms with Crippen molar-refractivity contribution in [3.05, 3.63) is 91.0 Å². The van der Waals surface area contributed by atoms with E-state index in [1.54, 1.807) is 0 Å². The standard InChI is InChI=1S/C18H15O2S2.6FH.Sb/c19-21(20)22(16-10-4-1-5-11-16,17-12-6-2-7-13-17)18-14-8-3-9-15-18;;;;;;;/h1-15H;6*1H;/q+1;;;;;;;+5/p-6. The molecule has 0 atom stereocenters. The summed E-state index contributed by atoms with van der Waals surface area (Å²) in [5, 5.41) is 0. The molecule has 0 N–H and O–H groups in total. The van der Waals surface area contributed by atoms with Crippen molar-refractivity contribution in [3.63, 3.8) is 0 Å². The van der Waals surface area contributed by atoms with Crippen LogP contribution < -0.4 is 0 Å². The Morgan fingerprint density at radius 3 is 0.897 bits per heavy atom. The first kappa shape index (κ1) is 23.5. The number of hydrogen-bond acceptors (Lipinski definition) is 2. The fourth-order valence-electron chi connectivity index (χ4n) is 2.48. The van der Waals surface area contributed by atoms with E-state index >= 15 is 0 Å². The third kappa shape index (κ3) is 7.20. The quantitative estimate of drug-likeness (QED) is 0.215. The van der Waals surface area contributed by atoms with Gasteiger partial charge in [-0.2, -0.15) is 0 Å². The van der Waals surface area contributed by atoms with Crippen LogP contribution in [0.3, 0.4) is 0 Å². The molecule has 3 aromatic rings. The minimum absolute atomic E-state index is 0.820. The van der Waals surface area contributed by atoms with Crippen molar-refractivity contribution >= 4 is 37.3 Å². The van der Waals surface area contributed by atoms with Gasteiger partial charge < -0.3 is 0 Å². The molecular weight excluding hydrogens is 548 g/mol. The van der Waals surface area contributed by atoms with E-state index < -0.39 is 37.3 Å². The molecule has 0 amide bonds. The molecule has 0 aliphatic rings. The van der Waals surface area contributed by atoms with Crippen molar-refractivity contribution in [3.8, 4) is 0 Å². The van der Waals surface area contributed by atoms with E-state index in [1.165, 1.54) is 0 Å². The Morgan fingerprint density at radius 2 is 0.724 bits per heavy atom. The summed E-state index contributed by atoms with van der Waals surface area (Å²) in [4.78, 5) is 2.46. The van der Waals surface area contributed by atoms with Crippen LogP contribution in [0.15, 0.2) is 106 Å². The van der Waals surface area contributed by atoms with Gasteiger partial charge in [-0.15, -0.1) is 8.42 Å². The fraction of sp³-hybridized carbons (Fsp3) is 0. The third-order valence-corrected chi connectivity index (χ3v) is 9.60. The zero-order chi connectivity index (χ0) is 21.8. The molecule has 0 radical (unpaired) electrons. The molecule has 0 bridgehead atoms. The molecule has 0 aromatic heterocycles. The number of hydrogen-bond donors (Lipinski definition) is 0. The van der Waals surface area contributed by atoms with Gasteiger partial charge in [0, 0.05) is 0 Å². The summed E-state index contributed by atoms with van der Waals surface area (Å²) in [6, 6.07) is 28.4. The first-order chi connectivity index (χ1) is 13.2. The molecule has 0 heterocycles. The van der Waals surface area contributed by atoms with Crippen LogP contribution >= 0.6 is 0 Å². The Labute approximate surface area is 167 Å². The molecule has 0 spiro atoms. The van der Waals surface area contributed by atoms with Crippen molar-refractivity contribution in [2.24, 2.45) is 0 Å². The number of halogens is 6. The molecule has 0 saturated carbocycles. The second kappa shape index (κ2) is 7.81. The SMILES string of the molecule is O=S(=O)=[S+](c1ccccc1)(c1ccccc1)c1ccccc1.[F][Sb-]([F])([F])([F])([F])[F]. The molecule has 11 heteroatoms. The summed E-state index contributed by atoms with van der Waals surface area (Å²) in [5.74, 6) is 0. The van der Waals surface area contributed by atoms with Crippen molar-refractivity contribution < 1.29 is 25.3 Å². The molecule has 0 saturated heterocycles. The summed E-state index contributed by atoms with van der Waals surface area (Å²) >= 11 is -11.2. The van der Waals surface area contributed by atoms with Gasteiger partial charge >= 0.3 is 45.6 Å². The molecule has 0 aliphatic carbocycles. The van der Waals surface area contributed by atoms with E-state index in [0.717, 1.165) is 14.7 Å². The molecular formula is C18H15F6O2S2Sb. The number of benzene rings is 3. The Hall–Kier alpha value is -1.77. The van der Waals surface area contributed by atoms with E-state index in [4.69, 9.17) is 0 Å². The Bertz CT molecular complexity index is 1010. The van der Waals surface area contributed by atoms with Gasteiger partial charge in [0.05, 0.1) is 8.59 Å². The van der Waals surface area contributed by atoms with E-state index in [-0.39, 0.29) is 0 Å². The molecule has 0 unspecified atom stereocenters. The zero-order valence-electron chi connectivity index (χ0n) is 14.5. The van der Waals surface area contributed by atoms with Gasteiger partial charge in [-0.1, -0.05) is 54.6 Å². The van der Waals surface area contributed by atoms with Crippen LogP contribution in [0.1, 0.15) is 0 Å². The third-order valence-electron chi connectivity index (χ3n) is 3.43. The molecule has 0 aliphatic heterocycles. The van der Waals surface area contributed by atoms with Gasteiger partial charge in [-0.05, 0) is 36.4 Å². The maximum atomic E-state index is 12.5. The zero-order valence-corrected chi connectivity index (χ0v) is 18.7. The monoisotopic (exact) mass is 562 g/mol. The Kier molecular flexibility index (Phi) is 6.33. The maximum absolute atomic E-state index is 12.5. The van der Waals surface area contributed by atoms with E-state index in [9.17, 15) is 25.3 Å². The Balaban J connectivity index is 0.000000370. The van der Waals surface area contributed by atoms with Gasteiger partial charge in [0.2, 0.25) is 0 Å². The fourth-order valence-corrected chi connectivity index (χ4v) is 7.80. The van der Waals surface area contributed by atoms with Crippen molar-refractivity contribution in [1.82, 2.24) is 0 Å². The normalized spacial score (nSPS) is 14.0. The van der Waals surface area contributed by atoms with Crippen LogP contribution in [-0.4, -0.2) is 27.9 Å². The van der Waals surface area contributed by atoms with Gasteiger partial charge in [0.1, 0.15) is 14.7 Å². The summed E-state index contributed by atoms with van der Waals surface area (Å²) < 4.78 is 84.5. The molecule has 29 heavy (non-hydrogen) atoms. The topological polar surface area (TPSA) is 34.1 Å². The van der Waals surface area contributed by atoms with Crippen LogP contribution in [0.4, 0.5) is 16.9 Å². The first-order valence-electron chi connectivity index (χ1n) is 7.86. The van der Waals surface area contributed by atoms with Crippen molar-refractivity contribution in [2.45, 2.75) is 14.7 Å². The predicted octanol–water partition coefficient (Wildman–Crippen LogP) is 6.25. The van der Waals surface area contributed by atoms with E-state index in [2.05, 4.69) is 0 Å². The van der Waals surface area contributed by atoms with Gasteiger partial charge in [0.15, 0.2) is 0 Å². The number of rotatable bonds is 3. The second-order valence-corrected chi connectivity index (χ2v) is 16.4. The average Bonchev–Trinajstić information content (AvgIpc) is 2.62. The molecule has 0 fully saturated rings. The summed E-state index contributed by atoms with van der Waals surface area (Å²) in [6.45, 7) is 0. The summed E-state index contributed by atoms with van der Waals surface area (Å²) in [6.07, 6.45) is 0. The van der Waals surface area contributed by atoms with Crippen LogP contribution in [-0.2, 0) is 17.9 Å². The predicted molar refractivity (Wildman–Crippen MR) is 103 cm³/mol. The average molecular weight is 563 g/mol. The molecule has 158 valence electrons. The van der Waals surface area contributed by atoms with Crippen LogP contribution in [0.25, 0.3) is 0 Å². The minimum atomic E-state index is -11.2. The second-order valence-electron chi connectivity index (χ2n) is 5.66. The van der Waals surface area contributed by atoms with Crippen LogP contribution in [0, 0.1) is 0 Å². The van der Waals surface area contributed by atoms with E-state index in [1.807, 2.05) is 91.0 Å². The first-order valence-corrected chi connectivity index (χ1v) is 16.9. The van der Waals surface area contributed by atoms with Gasteiger partial charge in [0.25, 0.3) is 0 Å².